The van der Waals surface area contributed by atoms with Crippen molar-refractivity contribution >= 4 is 74.1 Å². The maximum absolute atomic E-state index is 2.46. The van der Waals surface area contributed by atoms with Crippen LogP contribution in [0, 0.1) is 0 Å². The second-order valence-corrected chi connectivity index (χ2v) is 12.6. The van der Waals surface area contributed by atoms with E-state index in [9.17, 15) is 0 Å². The van der Waals surface area contributed by atoms with Crippen LogP contribution >= 0.6 is 22.7 Å². The Labute approximate surface area is 245 Å². The molecule has 0 N–H and O–H groups in total. The number of hydrogen-bond acceptors (Lipinski definition) is 2. The van der Waals surface area contributed by atoms with Crippen molar-refractivity contribution in [1.82, 2.24) is 4.57 Å². The third kappa shape index (κ3) is 3.40. The molecule has 41 heavy (non-hydrogen) atoms. The highest BCUT2D eigenvalue weighted by atomic mass is 32.1. The van der Waals surface area contributed by atoms with Crippen molar-refractivity contribution < 1.29 is 0 Å². The summed E-state index contributed by atoms with van der Waals surface area (Å²) >= 11 is 3.78. The van der Waals surface area contributed by atoms with Gasteiger partial charge in [-0.15, -0.1) is 22.7 Å². The molecule has 9 rings (SSSR count). The van der Waals surface area contributed by atoms with Gasteiger partial charge in [-0.3, -0.25) is 0 Å². The minimum atomic E-state index is 1.19. The first-order valence-corrected chi connectivity index (χ1v) is 15.5. The molecule has 0 saturated heterocycles. The smallest absolute Gasteiger partial charge is 0.0734 e. The van der Waals surface area contributed by atoms with Gasteiger partial charge in [0.15, 0.2) is 0 Å². The zero-order valence-corrected chi connectivity index (χ0v) is 23.7. The summed E-state index contributed by atoms with van der Waals surface area (Å²) in [6.07, 6.45) is 0. The maximum atomic E-state index is 2.46. The Morgan fingerprint density at radius 3 is 2.02 bits per heavy atom. The standard InChI is InChI=1S/C38H23NS2/c1-2-11-25(12-3-1)39-32-18-8-6-16-31(32)38-37(39)36-30(17-10-20-34(36)41-38)27-14-5-4-13-26(27)24-21-22-29-28-15-7-9-19-33(28)40-35(29)23-24/h1-23H. The van der Waals surface area contributed by atoms with Crippen molar-refractivity contribution in [1.29, 1.82) is 0 Å². The van der Waals surface area contributed by atoms with E-state index in [0.717, 1.165) is 0 Å². The highest BCUT2D eigenvalue weighted by molar-refractivity contribution is 7.27. The first kappa shape index (κ1) is 23.0. The fourth-order valence-electron chi connectivity index (χ4n) is 6.44. The predicted molar refractivity (Wildman–Crippen MR) is 180 cm³/mol. The van der Waals surface area contributed by atoms with E-state index in [2.05, 4.69) is 144 Å². The molecule has 9 aromatic rings. The number of fused-ring (bicyclic) bond motifs is 8. The van der Waals surface area contributed by atoms with E-state index in [4.69, 9.17) is 0 Å². The molecule has 192 valence electrons. The van der Waals surface area contributed by atoms with Gasteiger partial charge in [-0.2, -0.15) is 0 Å². The molecule has 0 atom stereocenters. The monoisotopic (exact) mass is 557 g/mol. The van der Waals surface area contributed by atoms with Crippen LogP contribution in [0.1, 0.15) is 0 Å². The summed E-state index contributed by atoms with van der Waals surface area (Å²) in [4.78, 5) is 0. The van der Waals surface area contributed by atoms with Crippen molar-refractivity contribution in [2.75, 3.05) is 0 Å². The van der Waals surface area contributed by atoms with Gasteiger partial charge in [0.05, 0.1) is 15.7 Å². The van der Waals surface area contributed by atoms with Crippen LogP contribution in [0.15, 0.2) is 140 Å². The predicted octanol–water partition coefficient (Wildman–Crippen LogP) is 11.7. The summed E-state index contributed by atoms with van der Waals surface area (Å²) in [6, 6.07) is 51.0. The first-order chi connectivity index (χ1) is 20.3. The van der Waals surface area contributed by atoms with E-state index >= 15 is 0 Å². The third-order valence-corrected chi connectivity index (χ3v) is 10.5. The molecule has 0 aliphatic heterocycles. The topological polar surface area (TPSA) is 4.93 Å². The lowest BCUT2D eigenvalue weighted by Gasteiger charge is -2.13. The summed E-state index contributed by atoms with van der Waals surface area (Å²) in [6.45, 7) is 0. The molecule has 0 aliphatic rings. The Balaban J connectivity index is 1.35. The number of para-hydroxylation sites is 2. The van der Waals surface area contributed by atoms with Gasteiger partial charge in [0.25, 0.3) is 0 Å². The van der Waals surface area contributed by atoms with Gasteiger partial charge in [0.2, 0.25) is 0 Å². The van der Waals surface area contributed by atoms with Gasteiger partial charge in [-0.1, -0.05) is 103 Å². The molecular weight excluding hydrogens is 535 g/mol. The van der Waals surface area contributed by atoms with Gasteiger partial charge in [0.1, 0.15) is 0 Å². The van der Waals surface area contributed by atoms with E-state index in [1.165, 1.54) is 79.3 Å². The van der Waals surface area contributed by atoms with Crippen molar-refractivity contribution in [2.24, 2.45) is 0 Å². The molecule has 0 aliphatic carbocycles. The number of rotatable bonds is 3. The second kappa shape index (κ2) is 8.90. The van der Waals surface area contributed by atoms with Gasteiger partial charge >= 0.3 is 0 Å². The number of nitrogens with zero attached hydrogens (tertiary/aromatic N) is 1. The molecule has 0 spiro atoms. The molecule has 0 fully saturated rings. The van der Waals surface area contributed by atoms with Crippen molar-refractivity contribution in [3.05, 3.63) is 140 Å². The van der Waals surface area contributed by atoms with E-state index < -0.39 is 0 Å². The summed E-state index contributed by atoms with van der Waals surface area (Å²) in [5, 5.41) is 5.30. The fraction of sp³-hybridized carbons (Fsp3) is 0. The zero-order valence-electron chi connectivity index (χ0n) is 22.0. The molecule has 0 amide bonds. The number of thiophene rings is 2. The van der Waals surface area contributed by atoms with E-state index in [1.807, 2.05) is 22.7 Å². The summed E-state index contributed by atoms with van der Waals surface area (Å²) < 4.78 is 7.79. The Kier molecular flexibility index (Phi) is 5.00. The average molecular weight is 558 g/mol. The molecule has 0 bridgehead atoms. The number of aromatic nitrogens is 1. The largest absolute Gasteiger partial charge is 0.308 e. The SMILES string of the molecule is c1ccc(-n2c3ccccc3c3sc4cccc(-c5ccccc5-c5ccc6c(c5)sc5ccccc56)c4c32)cc1. The lowest BCUT2D eigenvalue weighted by Crippen LogP contribution is -1.94. The quantitative estimate of drug-likeness (QED) is 0.204. The highest BCUT2D eigenvalue weighted by Crippen LogP contribution is 2.47. The van der Waals surface area contributed by atoms with Gasteiger partial charge < -0.3 is 4.57 Å². The first-order valence-electron chi connectivity index (χ1n) is 13.9. The van der Waals surface area contributed by atoms with Crippen LogP contribution in [0.25, 0.3) is 79.3 Å². The molecule has 0 radical (unpaired) electrons. The molecular formula is C38H23NS2. The normalized spacial score (nSPS) is 11.9. The van der Waals surface area contributed by atoms with Crippen molar-refractivity contribution in [3.63, 3.8) is 0 Å². The summed E-state index contributed by atoms with van der Waals surface area (Å²) in [5.41, 5.74) is 8.80. The third-order valence-electron chi connectivity index (χ3n) is 8.22. The molecule has 3 heteroatoms. The van der Waals surface area contributed by atoms with Gasteiger partial charge in [-0.05, 0) is 58.7 Å². The van der Waals surface area contributed by atoms with Crippen LogP contribution < -0.4 is 0 Å². The van der Waals surface area contributed by atoms with Crippen molar-refractivity contribution in [2.45, 2.75) is 0 Å². The number of hydrogen-bond donors (Lipinski definition) is 0. The minimum absolute atomic E-state index is 1.19. The van der Waals surface area contributed by atoms with E-state index in [-0.39, 0.29) is 0 Å². The maximum Gasteiger partial charge on any atom is 0.0734 e. The highest BCUT2D eigenvalue weighted by Gasteiger charge is 2.21. The van der Waals surface area contributed by atoms with Crippen LogP contribution in [-0.4, -0.2) is 4.57 Å². The Hall–Kier alpha value is -4.70. The average Bonchev–Trinajstić information content (AvgIpc) is 3.70. The van der Waals surface area contributed by atoms with E-state index in [0.29, 0.717) is 0 Å². The Morgan fingerprint density at radius 1 is 0.439 bits per heavy atom. The molecule has 3 heterocycles. The van der Waals surface area contributed by atoms with Gasteiger partial charge in [0, 0.05) is 41.3 Å². The van der Waals surface area contributed by atoms with Crippen LogP contribution in [0.5, 0.6) is 0 Å². The molecule has 0 unspecified atom stereocenters. The van der Waals surface area contributed by atoms with Gasteiger partial charge in [-0.25, -0.2) is 0 Å². The Bertz CT molecular complexity index is 2420. The summed E-state index contributed by atoms with van der Waals surface area (Å²) in [5.74, 6) is 0. The zero-order chi connectivity index (χ0) is 26.9. The molecule has 3 aromatic heterocycles. The lowest BCUT2D eigenvalue weighted by molar-refractivity contribution is 1.19. The van der Waals surface area contributed by atoms with E-state index in [1.54, 1.807) is 0 Å². The van der Waals surface area contributed by atoms with Crippen molar-refractivity contribution in [3.8, 4) is 27.9 Å². The lowest BCUT2D eigenvalue weighted by atomic mass is 9.92. The van der Waals surface area contributed by atoms with Crippen LogP contribution in [0.3, 0.4) is 0 Å². The minimum Gasteiger partial charge on any atom is -0.308 e. The molecule has 1 nitrogen and oxygen atoms in total. The molecule has 6 aromatic carbocycles. The summed E-state index contributed by atoms with van der Waals surface area (Å²) in [7, 11) is 0. The Morgan fingerprint density at radius 2 is 1.12 bits per heavy atom. The second-order valence-electron chi connectivity index (χ2n) is 10.5. The van der Waals surface area contributed by atoms with Crippen LogP contribution in [0.4, 0.5) is 0 Å². The van der Waals surface area contributed by atoms with Crippen LogP contribution in [-0.2, 0) is 0 Å². The fourth-order valence-corrected chi connectivity index (χ4v) is 8.84. The number of benzene rings is 6. The molecule has 0 saturated carbocycles. The van der Waals surface area contributed by atoms with Crippen LogP contribution in [0.2, 0.25) is 0 Å².